The molecule has 0 aliphatic heterocycles. The van der Waals surface area contributed by atoms with E-state index in [0.717, 1.165) is 4.47 Å². The van der Waals surface area contributed by atoms with E-state index in [4.69, 9.17) is 16.3 Å². The predicted molar refractivity (Wildman–Crippen MR) is 85.6 cm³/mol. The first-order valence-electron chi connectivity index (χ1n) is 6.16. The predicted octanol–water partition coefficient (Wildman–Crippen LogP) is 3.61. The standard InChI is InChI=1S/C15H13BrClNO3/c16-11-1-6-14(10(7-11)8-19)21-9-15(20)18-13-4-2-12(17)3-5-13/h1-7,19H,8-9H2,(H,18,20). The Morgan fingerprint density at radius 1 is 1.24 bits per heavy atom. The minimum absolute atomic E-state index is 0.142. The molecule has 1 amide bonds. The Morgan fingerprint density at radius 3 is 2.62 bits per heavy atom. The molecule has 0 saturated heterocycles. The van der Waals surface area contributed by atoms with E-state index in [0.29, 0.717) is 22.0 Å². The normalized spacial score (nSPS) is 10.2. The first kappa shape index (κ1) is 15.8. The lowest BCUT2D eigenvalue weighted by Crippen LogP contribution is -2.20. The number of carbonyl (C=O) groups excluding carboxylic acids is 1. The number of hydrogen-bond donors (Lipinski definition) is 2. The molecule has 6 heteroatoms. The van der Waals surface area contributed by atoms with Gasteiger partial charge in [-0.15, -0.1) is 0 Å². The molecule has 0 heterocycles. The average Bonchev–Trinajstić information content (AvgIpc) is 2.48. The molecule has 0 radical (unpaired) electrons. The molecule has 21 heavy (non-hydrogen) atoms. The summed E-state index contributed by atoms with van der Waals surface area (Å²) in [4.78, 5) is 11.8. The highest BCUT2D eigenvalue weighted by molar-refractivity contribution is 9.10. The number of benzene rings is 2. The third-order valence-corrected chi connectivity index (χ3v) is 3.42. The quantitative estimate of drug-likeness (QED) is 0.845. The molecule has 0 aliphatic carbocycles. The van der Waals surface area contributed by atoms with Gasteiger partial charge in [0, 0.05) is 20.7 Å². The fourth-order valence-corrected chi connectivity index (χ4v) is 2.22. The van der Waals surface area contributed by atoms with Gasteiger partial charge < -0.3 is 15.2 Å². The molecule has 0 spiro atoms. The van der Waals surface area contributed by atoms with Gasteiger partial charge in [0.2, 0.25) is 0 Å². The number of anilines is 1. The maximum Gasteiger partial charge on any atom is 0.262 e. The van der Waals surface area contributed by atoms with E-state index in [2.05, 4.69) is 21.2 Å². The van der Waals surface area contributed by atoms with E-state index in [1.165, 1.54) is 0 Å². The summed E-state index contributed by atoms with van der Waals surface area (Å²) in [5.41, 5.74) is 1.26. The van der Waals surface area contributed by atoms with Crippen molar-refractivity contribution in [3.05, 3.63) is 57.5 Å². The van der Waals surface area contributed by atoms with Crippen molar-refractivity contribution < 1.29 is 14.6 Å². The van der Waals surface area contributed by atoms with Crippen LogP contribution >= 0.6 is 27.5 Å². The van der Waals surface area contributed by atoms with Crippen LogP contribution in [0.2, 0.25) is 5.02 Å². The maximum absolute atomic E-state index is 11.8. The molecule has 2 rings (SSSR count). The zero-order chi connectivity index (χ0) is 15.2. The number of rotatable bonds is 5. The van der Waals surface area contributed by atoms with E-state index < -0.39 is 0 Å². The van der Waals surface area contributed by atoms with Gasteiger partial charge in [-0.1, -0.05) is 27.5 Å². The first-order valence-corrected chi connectivity index (χ1v) is 7.33. The lowest BCUT2D eigenvalue weighted by Gasteiger charge is -2.11. The topological polar surface area (TPSA) is 58.6 Å². The number of nitrogens with one attached hydrogen (secondary N) is 1. The number of carbonyl (C=O) groups is 1. The summed E-state index contributed by atoms with van der Waals surface area (Å²) in [5.74, 6) is 0.191. The minimum Gasteiger partial charge on any atom is -0.483 e. The summed E-state index contributed by atoms with van der Waals surface area (Å²) in [7, 11) is 0. The van der Waals surface area contributed by atoms with Gasteiger partial charge >= 0.3 is 0 Å². The van der Waals surface area contributed by atoms with Crippen LogP contribution in [-0.2, 0) is 11.4 Å². The third kappa shape index (κ3) is 4.74. The molecule has 0 aliphatic rings. The molecule has 0 saturated carbocycles. The molecule has 0 fully saturated rings. The van der Waals surface area contributed by atoms with Crippen LogP contribution < -0.4 is 10.1 Å². The second-order valence-corrected chi connectivity index (χ2v) is 5.61. The van der Waals surface area contributed by atoms with Crippen LogP contribution in [0.15, 0.2) is 46.9 Å². The van der Waals surface area contributed by atoms with Gasteiger partial charge in [-0.25, -0.2) is 0 Å². The van der Waals surface area contributed by atoms with Crippen molar-refractivity contribution in [2.45, 2.75) is 6.61 Å². The highest BCUT2D eigenvalue weighted by atomic mass is 79.9. The highest BCUT2D eigenvalue weighted by Crippen LogP contribution is 2.23. The Kier molecular flexibility index (Phi) is 5.61. The van der Waals surface area contributed by atoms with Crippen LogP contribution in [0.25, 0.3) is 0 Å². The van der Waals surface area contributed by atoms with Gasteiger partial charge in [-0.2, -0.15) is 0 Å². The summed E-state index contributed by atoms with van der Waals surface area (Å²) < 4.78 is 6.26. The fourth-order valence-electron chi connectivity index (χ4n) is 1.69. The van der Waals surface area contributed by atoms with E-state index in [-0.39, 0.29) is 19.1 Å². The Morgan fingerprint density at radius 2 is 1.95 bits per heavy atom. The molecular weight excluding hydrogens is 358 g/mol. The number of halogens is 2. The van der Waals surface area contributed by atoms with E-state index in [1.54, 1.807) is 42.5 Å². The molecule has 0 aromatic heterocycles. The van der Waals surface area contributed by atoms with E-state index in [9.17, 15) is 9.90 Å². The van der Waals surface area contributed by atoms with Gasteiger partial charge in [0.1, 0.15) is 5.75 Å². The average molecular weight is 371 g/mol. The maximum atomic E-state index is 11.8. The Bertz CT molecular complexity index is 631. The van der Waals surface area contributed by atoms with Crippen molar-refractivity contribution in [2.75, 3.05) is 11.9 Å². The molecule has 2 aromatic carbocycles. The number of ether oxygens (including phenoxy) is 1. The zero-order valence-electron chi connectivity index (χ0n) is 11.0. The molecule has 2 aromatic rings. The summed E-state index contributed by atoms with van der Waals surface area (Å²) in [6.07, 6.45) is 0. The van der Waals surface area contributed by atoms with Crippen molar-refractivity contribution >= 4 is 39.1 Å². The zero-order valence-corrected chi connectivity index (χ0v) is 13.3. The molecule has 0 atom stereocenters. The van der Waals surface area contributed by atoms with Gasteiger partial charge in [0.25, 0.3) is 5.91 Å². The highest BCUT2D eigenvalue weighted by Gasteiger charge is 2.07. The lowest BCUT2D eigenvalue weighted by atomic mass is 10.2. The van der Waals surface area contributed by atoms with Crippen molar-refractivity contribution in [3.8, 4) is 5.75 Å². The van der Waals surface area contributed by atoms with Gasteiger partial charge in [-0.3, -0.25) is 4.79 Å². The Labute approximate surface area is 135 Å². The fraction of sp³-hybridized carbons (Fsp3) is 0.133. The first-order chi connectivity index (χ1) is 10.1. The molecule has 0 unspecified atom stereocenters. The second kappa shape index (κ2) is 7.45. The molecule has 2 N–H and O–H groups in total. The largest absolute Gasteiger partial charge is 0.483 e. The molecular formula is C15H13BrClNO3. The van der Waals surface area contributed by atoms with Crippen LogP contribution in [0, 0.1) is 0 Å². The molecule has 110 valence electrons. The van der Waals surface area contributed by atoms with Crippen LogP contribution in [0.1, 0.15) is 5.56 Å². The monoisotopic (exact) mass is 369 g/mol. The summed E-state index contributed by atoms with van der Waals surface area (Å²) >= 11 is 9.08. The Balaban J connectivity index is 1.93. The number of aliphatic hydroxyl groups excluding tert-OH is 1. The van der Waals surface area contributed by atoms with E-state index >= 15 is 0 Å². The lowest BCUT2D eigenvalue weighted by molar-refractivity contribution is -0.118. The number of hydrogen-bond acceptors (Lipinski definition) is 3. The summed E-state index contributed by atoms with van der Waals surface area (Å²) in [6.45, 7) is -0.301. The second-order valence-electron chi connectivity index (χ2n) is 4.25. The number of aliphatic hydroxyl groups is 1. The number of amides is 1. The van der Waals surface area contributed by atoms with Crippen molar-refractivity contribution in [1.29, 1.82) is 0 Å². The van der Waals surface area contributed by atoms with Gasteiger partial charge in [-0.05, 0) is 42.5 Å². The summed E-state index contributed by atoms with van der Waals surface area (Å²) in [6, 6.07) is 12.0. The molecule has 0 bridgehead atoms. The van der Waals surface area contributed by atoms with Crippen molar-refractivity contribution in [3.63, 3.8) is 0 Å². The third-order valence-electron chi connectivity index (χ3n) is 2.68. The van der Waals surface area contributed by atoms with Crippen molar-refractivity contribution in [2.24, 2.45) is 0 Å². The van der Waals surface area contributed by atoms with Gasteiger partial charge in [0.05, 0.1) is 6.61 Å². The Hall–Kier alpha value is -1.56. The smallest absolute Gasteiger partial charge is 0.262 e. The molecule has 4 nitrogen and oxygen atoms in total. The van der Waals surface area contributed by atoms with Crippen LogP contribution in [0.4, 0.5) is 5.69 Å². The van der Waals surface area contributed by atoms with Crippen LogP contribution in [-0.4, -0.2) is 17.6 Å². The van der Waals surface area contributed by atoms with Crippen molar-refractivity contribution in [1.82, 2.24) is 0 Å². The van der Waals surface area contributed by atoms with E-state index in [1.807, 2.05) is 0 Å². The minimum atomic E-state index is -0.288. The van der Waals surface area contributed by atoms with Crippen LogP contribution in [0.3, 0.4) is 0 Å². The van der Waals surface area contributed by atoms with Gasteiger partial charge in [0.15, 0.2) is 6.61 Å². The summed E-state index contributed by atoms with van der Waals surface area (Å²) in [5, 5.41) is 12.6. The van der Waals surface area contributed by atoms with Crippen LogP contribution in [0.5, 0.6) is 5.75 Å². The SMILES string of the molecule is O=C(COc1ccc(Br)cc1CO)Nc1ccc(Cl)cc1.